The van der Waals surface area contributed by atoms with Crippen LogP contribution in [0.3, 0.4) is 0 Å². The van der Waals surface area contributed by atoms with Gasteiger partial charge in [0.1, 0.15) is 5.82 Å². The van der Waals surface area contributed by atoms with Crippen LogP contribution in [0.4, 0.5) is 0 Å². The zero-order valence-electron chi connectivity index (χ0n) is 15.3. The molecule has 0 saturated carbocycles. The Hall–Kier alpha value is -3.81. The number of aryl methyl sites for hydroxylation is 1. The van der Waals surface area contributed by atoms with Crippen LogP contribution in [0.1, 0.15) is 16.3 Å². The van der Waals surface area contributed by atoms with Crippen LogP contribution >= 0.6 is 0 Å². The van der Waals surface area contributed by atoms with E-state index in [1.54, 1.807) is 55.6 Å². The second kappa shape index (κ2) is 6.73. The molecular formula is C20H17N5O3. The highest BCUT2D eigenvalue weighted by Gasteiger charge is 2.20. The normalized spacial score (nSPS) is 11.1. The van der Waals surface area contributed by atoms with Crippen molar-refractivity contribution in [2.45, 2.75) is 6.54 Å². The highest BCUT2D eigenvalue weighted by atomic mass is 16.2. The predicted molar refractivity (Wildman–Crippen MR) is 105 cm³/mol. The van der Waals surface area contributed by atoms with E-state index in [1.165, 1.54) is 11.9 Å². The van der Waals surface area contributed by atoms with Crippen molar-refractivity contribution in [3.63, 3.8) is 0 Å². The van der Waals surface area contributed by atoms with Crippen molar-refractivity contribution in [1.82, 2.24) is 24.6 Å². The zero-order valence-corrected chi connectivity index (χ0v) is 15.3. The molecule has 2 aromatic carbocycles. The van der Waals surface area contributed by atoms with Crippen molar-refractivity contribution in [2.75, 3.05) is 7.05 Å². The molecule has 0 radical (unpaired) electrons. The van der Waals surface area contributed by atoms with Gasteiger partial charge in [0.15, 0.2) is 5.69 Å². The SMILES string of the molecule is CN(Cc1nc2ccccc2c(=O)[nH]1)C(=O)c1nn(C)c(=O)c2ccccc12. The van der Waals surface area contributed by atoms with Crippen molar-refractivity contribution in [3.05, 3.63) is 80.8 Å². The minimum Gasteiger partial charge on any atom is -0.333 e. The second-order valence-electron chi connectivity index (χ2n) is 6.51. The van der Waals surface area contributed by atoms with E-state index in [2.05, 4.69) is 15.1 Å². The van der Waals surface area contributed by atoms with E-state index >= 15 is 0 Å². The van der Waals surface area contributed by atoms with Crippen LogP contribution in [-0.2, 0) is 13.6 Å². The summed E-state index contributed by atoms with van der Waals surface area (Å²) in [7, 11) is 3.10. The van der Waals surface area contributed by atoms with E-state index in [0.717, 1.165) is 4.68 Å². The lowest BCUT2D eigenvalue weighted by Crippen LogP contribution is -2.32. The third-order valence-electron chi connectivity index (χ3n) is 4.55. The maximum Gasteiger partial charge on any atom is 0.275 e. The fraction of sp³-hybridized carbons (Fsp3) is 0.150. The van der Waals surface area contributed by atoms with Gasteiger partial charge in [-0.3, -0.25) is 14.4 Å². The smallest absolute Gasteiger partial charge is 0.275 e. The molecule has 2 heterocycles. The zero-order chi connectivity index (χ0) is 19.8. The fourth-order valence-corrected chi connectivity index (χ4v) is 3.14. The largest absolute Gasteiger partial charge is 0.333 e. The van der Waals surface area contributed by atoms with Crippen LogP contribution in [0.2, 0.25) is 0 Å². The summed E-state index contributed by atoms with van der Waals surface area (Å²) in [6.45, 7) is 0.0950. The maximum absolute atomic E-state index is 13.0. The third-order valence-corrected chi connectivity index (χ3v) is 4.55. The Bertz CT molecular complexity index is 1340. The first kappa shape index (κ1) is 17.6. The van der Waals surface area contributed by atoms with Crippen molar-refractivity contribution in [3.8, 4) is 0 Å². The summed E-state index contributed by atoms with van der Waals surface area (Å²) in [5.74, 6) is -0.00344. The van der Waals surface area contributed by atoms with E-state index in [-0.39, 0.29) is 29.3 Å². The molecule has 0 aliphatic carbocycles. The van der Waals surface area contributed by atoms with Crippen LogP contribution in [-0.4, -0.2) is 37.6 Å². The topological polar surface area (TPSA) is 101 Å². The van der Waals surface area contributed by atoms with Gasteiger partial charge in [0, 0.05) is 19.5 Å². The van der Waals surface area contributed by atoms with Crippen molar-refractivity contribution in [1.29, 1.82) is 0 Å². The number of aromatic amines is 1. The van der Waals surface area contributed by atoms with E-state index in [9.17, 15) is 14.4 Å². The first-order valence-corrected chi connectivity index (χ1v) is 8.65. The summed E-state index contributed by atoms with van der Waals surface area (Å²) in [6.07, 6.45) is 0. The summed E-state index contributed by atoms with van der Waals surface area (Å²) < 4.78 is 1.15. The molecule has 1 amide bonds. The standard InChI is InChI=1S/C20H17N5O3/c1-24(11-16-21-15-10-6-5-9-14(15)18(26)22-16)20(28)17-12-7-3-4-8-13(12)19(27)25(2)23-17/h3-10H,11H2,1-2H3,(H,21,22,26). The summed E-state index contributed by atoms with van der Waals surface area (Å²) in [5, 5.41) is 5.56. The monoisotopic (exact) mass is 375 g/mol. The minimum atomic E-state index is -0.373. The number of H-pyrrole nitrogens is 1. The average Bonchev–Trinajstić information content (AvgIpc) is 2.70. The van der Waals surface area contributed by atoms with Gasteiger partial charge in [-0.25, -0.2) is 9.67 Å². The number of para-hydroxylation sites is 1. The maximum atomic E-state index is 13.0. The molecule has 2 aromatic heterocycles. The molecule has 140 valence electrons. The molecule has 0 aliphatic heterocycles. The third kappa shape index (κ3) is 2.94. The van der Waals surface area contributed by atoms with Crippen LogP contribution in [0.25, 0.3) is 21.7 Å². The molecule has 4 aromatic rings. The number of benzene rings is 2. The molecule has 0 saturated heterocycles. The lowest BCUT2D eigenvalue weighted by atomic mass is 10.1. The Kier molecular flexibility index (Phi) is 4.23. The Morgan fingerprint density at radius 2 is 1.68 bits per heavy atom. The van der Waals surface area contributed by atoms with Crippen molar-refractivity contribution < 1.29 is 4.79 Å². The molecule has 0 unspecified atom stereocenters. The highest BCUT2D eigenvalue weighted by Crippen LogP contribution is 2.15. The Balaban J connectivity index is 1.72. The molecule has 8 heteroatoms. The number of carbonyl (C=O) groups is 1. The first-order valence-electron chi connectivity index (χ1n) is 8.65. The molecule has 0 atom stereocenters. The van der Waals surface area contributed by atoms with Gasteiger partial charge in [0.05, 0.1) is 22.8 Å². The Morgan fingerprint density at radius 3 is 2.43 bits per heavy atom. The molecule has 8 nitrogen and oxygen atoms in total. The minimum absolute atomic E-state index is 0.0950. The number of hydrogen-bond acceptors (Lipinski definition) is 5. The lowest BCUT2D eigenvalue weighted by Gasteiger charge is -2.17. The number of rotatable bonds is 3. The van der Waals surface area contributed by atoms with Crippen molar-refractivity contribution >= 4 is 27.6 Å². The van der Waals surface area contributed by atoms with E-state index in [4.69, 9.17) is 0 Å². The number of carbonyl (C=O) groups excluding carboxylic acids is 1. The quantitative estimate of drug-likeness (QED) is 0.584. The van der Waals surface area contributed by atoms with E-state index in [1.807, 2.05) is 0 Å². The average molecular weight is 375 g/mol. The summed E-state index contributed by atoms with van der Waals surface area (Å²) in [6, 6.07) is 13.9. The van der Waals surface area contributed by atoms with Gasteiger partial charge in [0.2, 0.25) is 0 Å². The van der Waals surface area contributed by atoms with Gasteiger partial charge < -0.3 is 9.88 Å². The molecule has 0 fully saturated rings. The molecule has 0 spiro atoms. The first-order chi connectivity index (χ1) is 13.5. The number of fused-ring (bicyclic) bond motifs is 2. The van der Waals surface area contributed by atoms with Gasteiger partial charge in [-0.1, -0.05) is 30.3 Å². The number of nitrogens with one attached hydrogen (secondary N) is 1. The van der Waals surface area contributed by atoms with Crippen LogP contribution in [0.5, 0.6) is 0 Å². The fourth-order valence-electron chi connectivity index (χ4n) is 3.14. The summed E-state index contributed by atoms with van der Waals surface area (Å²) in [5.41, 5.74) is 0.207. The Morgan fingerprint density at radius 1 is 1.04 bits per heavy atom. The molecule has 1 N–H and O–H groups in total. The second-order valence-corrected chi connectivity index (χ2v) is 6.51. The number of amides is 1. The Labute approximate surface area is 159 Å². The van der Waals surface area contributed by atoms with Gasteiger partial charge in [0.25, 0.3) is 17.0 Å². The molecule has 0 aliphatic rings. The molecule has 0 bridgehead atoms. The number of aromatic nitrogens is 4. The van der Waals surface area contributed by atoms with E-state index < -0.39 is 0 Å². The summed E-state index contributed by atoms with van der Waals surface area (Å²) in [4.78, 5) is 46.0. The van der Waals surface area contributed by atoms with Crippen molar-refractivity contribution in [2.24, 2.45) is 7.05 Å². The lowest BCUT2D eigenvalue weighted by molar-refractivity contribution is 0.0775. The molecule has 28 heavy (non-hydrogen) atoms. The van der Waals surface area contributed by atoms with Gasteiger partial charge in [-0.05, 0) is 18.2 Å². The van der Waals surface area contributed by atoms with Crippen LogP contribution < -0.4 is 11.1 Å². The molecule has 4 rings (SSSR count). The highest BCUT2D eigenvalue weighted by molar-refractivity contribution is 6.04. The van der Waals surface area contributed by atoms with Gasteiger partial charge in [-0.2, -0.15) is 5.10 Å². The molecular weight excluding hydrogens is 358 g/mol. The summed E-state index contributed by atoms with van der Waals surface area (Å²) >= 11 is 0. The van der Waals surface area contributed by atoms with E-state index in [0.29, 0.717) is 27.5 Å². The van der Waals surface area contributed by atoms with Gasteiger partial charge >= 0.3 is 0 Å². The number of hydrogen-bond donors (Lipinski definition) is 1. The number of nitrogens with zero attached hydrogens (tertiary/aromatic N) is 4. The van der Waals surface area contributed by atoms with Crippen LogP contribution in [0.15, 0.2) is 58.1 Å². The predicted octanol–water partition coefficient (Wildman–Crippen LogP) is 1.44. The van der Waals surface area contributed by atoms with Gasteiger partial charge in [-0.15, -0.1) is 0 Å². The van der Waals surface area contributed by atoms with Crippen LogP contribution in [0, 0.1) is 0 Å².